The summed E-state index contributed by atoms with van der Waals surface area (Å²) in [5.74, 6) is -1.14. The maximum absolute atomic E-state index is 12.5. The lowest BCUT2D eigenvalue weighted by molar-refractivity contribution is -0.138. The average Bonchev–Trinajstić information content (AvgIpc) is 3.13. The fraction of sp³-hybridized carbons (Fsp3) is 0.556. The Morgan fingerprint density at radius 2 is 1.81 bits per heavy atom. The van der Waals surface area contributed by atoms with Crippen LogP contribution in [0.1, 0.15) is 38.2 Å². The summed E-state index contributed by atoms with van der Waals surface area (Å²) in [6.07, 6.45) is 2.60. The lowest BCUT2D eigenvalue weighted by Crippen LogP contribution is -2.29. The predicted octanol–water partition coefficient (Wildman–Crippen LogP) is 1.63. The summed E-state index contributed by atoms with van der Waals surface area (Å²) in [6, 6.07) is 6.66. The van der Waals surface area contributed by atoms with Gasteiger partial charge in [0.05, 0.1) is 4.90 Å². The SMILES string of the molecule is CC(CNC(=O)CCc1ccc(S(=O)(=O)N2CCCC2)cc1)CC(=O)O. The molecule has 2 rings (SSSR count). The van der Waals surface area contributed by atoms with Crippen molar-refractivity contribution in [2.75, 3.05) is 19.6 Å². The molecule has 1 unspecified atom stereocenters. The number of benzene rings is 1. The molecule has 7 nitrogen and oxygen atoms in total. The number of aryl methyl sites for hydroxylation is 1. The van der Waals surface area contributed by atoms with Gasteiger partial charge in [-0.2, -0.15) is 4.31 Å². The lowest BCUT2D eigenvalue weighted by atomic mass is 10.1. The Hall–Kier alpha value is -1.93. The number of hydrogen-bond donors (Lipinski definition) is 2. The van der Waals surface area contributed by atoms with E-state index < -0.39 is 16.0 Å². The van der Waals surface area contributed by atoms with Crippen molar-refractivity contribution in [1.82, 2.24) is 9.62 Å². The van der Waals surface area contributed by atoms with Crippen molar-refractivity contribution in [3.05, 3.63) is 29.8 Å². The highest BCUT2D eigenvalue weighted by atomic mass is 32.2. The predicted molar refractivity (Wildman–Crippen MR) is 97.2 cm³/mol. The fourth-order valence-electron chi connectivity index (χ4n) is 2.91. The molecule has 1 aromatic rings. The number of carboxylic acids is 1. The molecular formula is C18H26N2O5S. The molecular weight excluding hydrogens is 356 g/mol. The van der Waals surface area contributed by atoms with Crippen molar-refractivity contribution in [2.45, 2.75) is 43.9 Å². The van der Waals surface area contributed by atoms with Gasteiger partial charge in [0.1, 0.15) is 0 Å². The van der Waals surface area contributed by atoms with Gasteiger partial charge in [-0.1, -0.05) is 19.1 Å². The van der Waals surface area contributed by atoms with Gasteiger partial charge in [-0.15, -0.1) is 0 Å². The minimum absolute atomic E-state index is 0.0211. The maximum Gasteiger partial charge on any atom is 0.303 e. The van der Waals surface area contributed by atoms with E-state index in [9.17, 15) is 18.0 Å². The third-order valence-corrected chi connectivity index (χ3v) is 6.35. The summed E-state index contributed by atoms with van der Waals surface area (Å²) in [5.41, 5.74) is 0.888. The minimum atomic E-state index is -3.41. The molecule has 8 heteroatoms. The highest BCUT2D eigenvalue weighted by Crippen LogP contribution is 2.21. The molecule has 0 aliphatic carbocycles. The van der Waals surface area contributed by atoms with E-state index in [0.29, 0.717) is 26.1 Å². The van der Waals surface area contributed by atoms with Crippen molar-refractivity contribution >= 4 is 21.9 Å². The number of carbonyl (C=O) groups excluding carboxylic acids is 1. The van der Waals surface area contributed by atoms with Crippen LogP contribution in [0.15, 0.2) is 29.2 Å². The second-order valence-electron chi connectivity index (χ2n) is 6.76. The Morgan fingerprint density at radius 3 is 2.38 bits per heavy atom. The largest absolute Gasteiger partial charge is 0.481 e. The molecule has 0 saturated carbocycles. The van der Waals surface area contributed by atoms with Crippen molar-refractivity contribution in [3.63, 3.8) is 0 Å². The maximum atomic E-state index is 12.5. The molecule has 0 bridgehead atoms. The summed E-state index contributed by atoms with van der Waals surface area (Å²) >= 11 is 0. The topological polar surface area (TPSA) is 104 Å². The first-order valence-corrected chi connectivity index (χ1v) is 10.3. The second-order valence-corrected chi connectivity index (χ2v) is 8.70. The first kappa shape index (κ1) is 20.4. The second kappa shape index (κ2) is 9.14. The molecule has 144 valence electrons. The molecule has 1 amide bonds. The Kier molecular flexibility index (Phi) is 7.16. The third-order valence-electron chi connectivity index (χ3n) is 4.44. The number of hydrogen-bond acceptors (Lipinski definition) is 4. The third kappa shape index (κ3) is 5.81. The highest BCUT2D eigenvalue weighted by Gasteiger charge is 2.26. The number of rotatable bonds is 9. The van der Waals surface area contributed by atoms with Crippen LogP contribution in [0.5, 0.6) is 0 Å². The van der Waals surface area contributed by atoms with Crippen LogP contribution in [0.4, 0.5) is 0 Å². The van der Waals surface area contributed by atoms with E-state index in [1.165, 1.54) is 4.31 Å². The van der Waals surface area contributed by atoms with Crippen molar-refractivity contribution in [2.24, 2.45) is 5.92 Å². The van der Waals surface area contributed by atoms with E-state index in [0.717, 1.165) is 18.4 Å². The monoisotopic (exact) mass is 382 g/mol. The van der Waals surface area contributed by atoms with Crippen LogP contribution >= 0.6 is 0 Å². The van der Waals surface area contributed by atoms with Gasteiger partial charge in [-0.25, -0.2) is 8.42 Å². The van der Waals surface area contributed by atoms with Gasteiger partial charge in [-0.05, 0) is 42.9 Å². The van der Waals surface area contributed by atoms with Gasteiger partial charge in [0.2, 0.25) is 15.9 Å². The number of amides is 1. The van der Waals surface area contributed by atoms with Gasteiger partial charge >= 0.3 is 5.97 Å². The number of aliphatic carboxylic acids is 1. The number of nitrogens with zero attached hydrogens (tertiary/aromatic N) is 1. The van der Waals surface area contributed by atoms with Crippen molar-refractivity contribution in [1.29, 1.82) is 0 Å². The standard InChI is InChI=1S/C18H26N2O5S/c1-14(12-18(22)23)13-19-17(21)9-6-15-4-7-16(8-5-15)26(24,25)20-10-2-3-11-20/h4-5,7-8,14H,2-3,6,9-13H2,1H3,(H,19,21)(H,22,23). The Labute approximate surface area is 154 Å². The van der Waals surface area contributed by atoms with Crippen LogP contribution < -0.4 is 5.32 Å². The molecule has 1 fully saturated rings. The summed E-state index contributed by atoms with van der Waals surface area (Å²) in [6.45, 7) is 3.25. The molecule has 1 heterocycles. The van der Waals surface area contributed by atoms with E-state index in [-0.39, 0.29) is 29.6 Å². The van der Waals surface area contributed by atoms with Crippen LogP contribution in [-0.2, 0) is 26.0 Å². The molecule has 1 saturated heterocycles. The average molecular weight is 382 g/mol. The van der Waals surface area contributed by atoms with Crippen LogP contribution in [-0.4, -0.2) is 49.3 Å². The van der Waals surface area contributed by atoms with E-state index in [4.69, 9.17) is 5.11 Å². The molecule has 1 atom stereocenters. The number of carboxylic acid groups (broad SMARTS) is 1. The van der Waals surface area contributed by atoms with E-state index in [1.807, 2.05) is 0 Å². The zero-order chi connectivity index (χ0) is 19.2. The van der Waals surface area contributed by atoms with Crippen LogP contribution in [0.25, 0.3) is 0 Å². The fourth-order valence-corrected chi connectivity index (χ4v) is 4.43. The normalized spacial score (nSPS) is 16.3. The quantitative estimate of drug-likeness (QED) is 0.676. The van der Waals surface area contributed by atoms with Gasteiger partial charge in [-0.3, -0.25) is 9.59 Å². The molecule has 1 aliphatic heterocycles. The smallest absolute Gasteiger partial charge is 0.303 e. The summed E-state index contributed by atoms with van der Waals surface area (Å²) in [4.78, 5) is 22.7. The molecule has 1 aromatic carbocycles. The zero-order valence-electron chi connectivity index (χ0n) is 15.0. The first-order valence-electron chi connectivity index (χ1n) is 8.86. The van der Waals surface area contributed by atoms with Crippen molar-refractivity contribution < 1.29 is 23.1 Å². The van der Waals surface area contributed by atoms with E-state index in [1.54, 1.807) is 31.2 Å². The van der Waals surface area contributed by atoms with Gasteiger partial charge in [0.15, 0.2) is 0 Å². The zero-order valence-corrected chi connectivity index (χ0v) is 15.8. The molecule has 0 radical (unpaired) electrons. The minimum Gasteiger partial charge on any atom is -0.481 e. The number of carbonyl (C=O) groups is 2. The molecule has 0 aromatic heterocycles. The summed E-state index contributed by atoms with van der Waals surface area (Å²) < 4.78 is 26.4. The van der Waals surface area contributed by atoms with E-state index in [2.05, 4.69) is 5.32 Å². The molecule has 1 aliphatic rings. The Morgan fingerprint density at radius 1 is 1.19 bits per heavy atom. The Bertz CT molecular complexity index is 724. The molecule has 0 spiro atoms. The number of nitrogens with one attached hydrogen (secondary N) is 1. The van der Waals surface area contributed by atoms with Gasteiger partial charge in [0.25, 0.3) is 0 Å². The van der Waals surface area contributed by atoms with Crippen LogP contribution in [0.3, 0.4) is 0 Å². The van der Waals surface area contributed by atoms with Crippen molar-refractivity contribution in [3.8, 4) is 0 Å². The highest BCUT2D eigenvalue weighted by molar-refractivity contribution is 7.89. The van der Waals surface area contributed by atoms with Gasteiger partial charge < -0.3 is 10.4 Å². The lowest BCUT2D eigenvalue weighted by Gasteiger charge is -2.15. The Balaban J connectivity index is 1.82. The van der Waals surface area contributed by atoms with E-state index >= 15 is 0 Å². The van der Waals surface area contributed by atoms with Crippen LogP contribution in [0, 0.1) is 5.92 Å². The summed E-state index contributed by atoms with van der Waals surface area (Å²) in [7, 11) is -3.41. The molecule has 2 N–H and O–H groups in total. The summed E-state index contributed by atoms with van der Waals surface area (Å²) in [5, 5.41) is 11.4. The van der Waals surface area contributed by atoms with Crippen LogP contribution in [0.2, 0.25) is 0 Å². The molecule has 26 heavy (non-hydrogen) atoms. The first-order chi connectivity index (χ1) is 12.3. The number of sulfonamides is 1. The van der Waals surface area contributed by atoms with Gasteiger partial charge in [0, 0.05) is 32.5 Å².